The number of anilines is 1. The molecule has 0 unspecified atom stereocenters. The van der Waals surface area contributed by atoms with Gasteiger partial charge in [-0.2, -0.15) is 0 Å². The van der Waals surface area contributed by atoms with Gasteiger partial charge in [0.2, 0.25) is 5.95 Å². The van der Waals surface area contributed by atoms with Crippen molar-refractivity contribution < 1.29 is 19.1 Å². The van der Waals surface area contributed by atoms with Crippen LogP contribution >= 0.6 is 0 Å². The standard InChI is InChI=1S/C14H10FN3O3/c15-11-8-9(3-5-12(19)20)2-4-10(11)13(21)18-14-16-6-1-7-17-14/h1-8H,(H,19,20)(H,16,17,18,21). The first-order valence-electron chi connectivity index (χ1n) is 5.85. The molecule has 0 fully saturated rings. The first kappa shape index (κ1) is 14.3. The fourth-order valence-electron chi connectivity index (χ4n) is 1.52. The number of nitrogens with one attached hydrogen (secondary N) is 1. The molecule has 0 spiro atoms. The molecule has 7 heteroatoms. The Morgan fingerprint density at radius 1 is 1.24 bits per heavy atom. The molecule has 0 aliphatic rings. The van der Waals surface area contributed by atoms with E-state index in [0.29, 0.717) is 5.56 Å². The van der Waals surface area contributed by atoms with Crippen molar-refractivity contribution >= 4 is 23.9 Å². The second-order valence-corrected chi connectivity index (χ2v) is 3.94. The maximum atomic E-state index is 13.8. The van der Waals surface area contributed by atoms with Gasteiger partial charge < -0.3 is 5.11 Å². The molecule has 2 N–H and O–H groups in total. The molecule has 0 saturated heterocycles. The Kier molecular flexibility index (Phi) is 4.35. The SMILES string of the molecule is O=C(O)C=Cc1ccc(C(=O)Nc2ncccn2)c(F)c1. The maximum Gasteiger partial charge on any atom is 0.328 e. The summed E-state index contributed by atoms with van der Waals surface area (Å²) in [6.45, 7) is 0. The van der Waals surface area contributed by atoms with Gasteiger partial charge in [0.15, 0.2) is 0 Å². The number of rotatable bonds is 4. The fraction of sp³-hybridized carbons (Fsp3) is 0. The van der Waals surface area contributed by atoms with Crippen LogP contribution in [0.15, 0.2) is 42.7 Å². The van der Waals surface area contributed by atoms with Crippen LogP contribution in [-0.2, 0) is 4.79 Å². The summed E-state index contributed by atoms with van der Waals surface area (Å²) in [6.07, 6.45) is 5.00. The monoisotopic (exact) mass is 287 g/mol. The van der Waals surface area contributed by atoms with E-state index in [-0.39, 0.29) is 11.5 Å². The average molecular weight is 287 g/mol. The Hall–Kier alpha value is -3.09. The Morgan fingerprint density at radius 3 is 2.57 bits per heavy atom. The van der Waals surface area contributed by atoms with Gasteiger partial charge in [0.05, 0.1) is 5.56 Å². The van der Waals surface area contributed by atoms with E-state index in [0.717, 1.165) is 12.1 Å². The van der Waals surface area contributed by atoms with Gasteiger partial charge in [-0.1, -0.05) is 6.07 Å². The second kappa shape index (κ2) is 6.38. The summed E-state index contributed by atoms with van der Waals surface area (Å²) < 4.78 is 13.8. The Morgan fingerprint density at radius 2 is 1.95 bits per heavy atom. The zero-order valence-corrected chi connectivity index (χ0v) is 10.7. The Balaban J connectivity index is 2.17. The molecular weight excluding hydrogens is 277 g/mol. The Bertz CT molecular complexity index is 702. The van der Waals surface area contributed by atoms with E-state index in [2.05, 4.69) is 15.3 Å². The molecule has 1 aromatic carbocycles. The van der Waals surface area contributed by atoms with Crippen molar-refractivity contribution in [2.45, 2.75) is 0 Å². The number of aromatic nitrogens is 2. The van der Waals surface area contributed by atoms with Crippen LogP contribution in [0.1, 0.15) is 15.9 Å². The van der Waals surface area contributed by atoms with Gasteiger partial charge in [-0.15, -0.1) is 0 Å². The van der Waals surface area contributed by atoms with Crippen molar-refractivity contribution in [3.05, 3.63) is 59.7 Å². The van der Waals surface area contributed by atoms with Crippen LogP contribution in [0.5, 0.6) is 0 Å². The molecule has 2 rings (SSSR count). The minimum Gasteiger partial charge on any atom is -0.478 e. The average Bonchev–Trinajstić information content (AvgIpc) is 2.46. The van der Waals surface area contributed by atoms with Gasteiger partial charge in [0.25, 0.3) is 5.91 Å². The van der Waals surface area contributed by atoms with E-state index in [1.165, 1.54) is 30.6 Å². The van der Waals surface area contributed by atoms with Crippen LogP contribution in [0, 0.1) is 5.82 Å². The highest BCUT2D eigenvalue weighted by Crippen LogP contribution is 2.13. The van der Waals surface area contributed by atoms with Crippen molar-refractivity contribution in [2.24, 2.45) is 0 Å². The van der Waals surface area contributed by atoms with E-state index >= 15 is 0 Å². The van der Waals surface area contributed by atoms with Crippen molar-refractivity contribution in [1.29, 1.82) is 0 Å². The number of hydrogen-bond donors (Lipinski definition) is 2. The van der Waals surface area contributed by atoms with Crippen LogP contribution in [0.4, 0.5) is 10.3 Å². The number of carbonyl (C=O) groups excluding carboxylic acids is 1. The van der Waals surface area contributed by atoms with E-state index in [1.807, 2.05) is 0 Å². The number of carbonyl (C=O) groups is 2. The van der Waals surface area contributed by atoms with Crippen molar-refractivity contribution in [3.8, 4) is 0 Å². The summed E-state index contributed by atoms with van der Waals surface area (Å²) in [7, 11) is 0. The van der Waals surface area contributed by atoms with E-state index in [9.17, 15) is 14.0 Å². The molecule has 0 radical (unpaired) electrons. The van der Waals surface area contributed by atoms with Crippen LogP contribution in [-0.4, -0.2) is 27.0 Å². The zero-order chi connectivity index (χ0) is 15.2. The van der Waals surface area contributed by atoms with Gasteiger partial charge in [0, 0.05) is 18.5 Å². The van der Waals surface area contributed by atoms with Crippen molar-refractivity contribution in [3.63, 3.8) is 0 Å². The minimum absolute atomic E-state index is 0.0664. The Labute approximate surface area is 119 Å². The molecule has 21 heavy (non-hydrogen) atoms. The second-order valence-electron chi connectivity index (χ2n) is 3.94. The highest BCUT2D eigenvalue weighted by molar-refractivity contribution is 6.03. The summed E-state index contributed by atoms with van der Waals surface area (Å²) >= 11 is 0. The number of nitrogens with zero attached hydrogens (tertiary/aromatic N) is 2. The highest BCUT2D eigenvalue weighted by atomic mass is 19.1. The lowest BCUT2D eigenvalue weighted by atomic mass is 10.1. The normalized spacial score (nSPS) is 10.5. The maximum absolute atomic E-state index is 13.8. The van der Waals surface area contributed by atoms with Crippen molar-refractivity contribution in [1.82, 2.24) is 9.97 Å². The lowest BCUT2D eigenvalue weighted by Crippen LogP contribution is -2.15. The van der Waals surface area contributed by atoms with Crippen LogP contribution in [0.25, 0.3) is 6.08 Å². The molecule has 1 heterocycles. The van der Waals surface area contributed by atoms with E-state index in [1.54, 1.807) is 6.07 Å². The quantitative estimate of drug-likeness (QED) is 0.839. The molecule has 106 valence electrons. The first-order chi connectivity index (χ1) is 10.1. The number of carboxylic acid groups (broad SMARTS) is 1. The summed E-state index contributed by atoms with van der Waals surface area (Å²) in [5, 5.41) is 10.8. The summed E-state index contributed by atoms with van der Waals surface area (Å²) in [4.78, 5) is 29.8. The summed E-state index contributed by atoms with van der Waals surface area (Å²) in [5.41, 5.74) is 0.150. The molecule has 0 atom stereocenters. The molecule has 0 aliphatic heterocycles. The van der Waals surface area contributed by atoms with Gasteiger partial charge in [-0.3, -0.25) is 10.1 Å². The van der Waals surface area contributed by atoms with Gasteiger partial charge >= 0.3 is 5.97 Å². The van der Waals surface area contributed by atoms with Crippen molar-refractivity contribution in [2.75, 3.05) is 5.32 Å². The smallest absolute Gasteiger partial charge is 0.328 e. The van der Waals surface area contributed by atoms with E-state index < -0.39 is 17.7 Å². The topological polar surface area (TPSA) is 92.2 Å². The fourth-order valence-corrected chi connectivity index (χ4v) is 1.52. The van der Waals surface area contributed by atoms with Crippen LogP contribution in [0.3, 0.4) is 0 Å². The number of aliphatic carboxylic acids is 1. The third-order valence-electron chi connectivity index (χ3n) is 2.45. The lowest BCUT2D eigenvalue weighted by molar-refractivity contribution is -0.131. The van der Waals surface area contributed by atoms with Crippen LogP contribution in [0.2, 0.25) is 0 Å². The van der Waals surface area contributed by atoms with Gasteiger partial charge in [0.1, 0.15) is 5.82 Å². The molecule has 1 aromatic heterocycles. The van der Waals surface area contributed by atoms with Gasteiger partial charge in [-0.05, 0) is 29.8 Å². The summed E-state index contributed by atoms with van der Waals surface area (Å²) in [5.74, 6) is -2.53. The zero-order valence-electron chi connectivity index (χ0n) is 10.7. The molecule has 1 amide bonds. The number of amides is 1. The van der Waals surface area contributed by atoms with E-state index in [4.69, 9.17) is 5.11 Å². The number of carboxylic acids is 1. The number of halogens is 1. The number of hydrogen-bond acceptors (Lipinski definition) is 4. The molecule has 0 aliphatic carbocycles. The molecule has 6 nitrogen and oxygen atoms in total. The molecule has 0 bridgehead atoms. The summed E-state index contributed by atoms with van der Waals surface area (Å²) in [6, 6.07) is 5.35. The molecule has 0 saturated carbocycles. The van der Waals surface area contributed by atoms with Gasteiger partial charge in [-0.25, -0.2) is 19.2 Å². The predicted octanol–water partition coefficient (Wildman–Crippen LogP) is 1.97. The largest absolute Gasteiger partial charge is 0.478 e. The predicted molar refractivity (Wildman–Crippen MR) is 73.1 cm³/mol. The number of benzene rings is 1. The highest BCUT2D eigenvalue weighted by Gasteiger charge is 2.13. The molecule has 2 aromatic rings. The van der Waals surface area contributed by atoms with Crippen LogP contribution < -0.4 is 5.32 Å². The lowest BCUT2D eigenvalue weighted by Gasteiger charge is -2.05. The third-order valence-corrected chi connectivity index (χ3v) is 2.45. The molecular formula is C14H10FN3O3. The third kappa shape index (κ3) is 3.93. The minimum atomic E-state index is -1.14. The first-order valence-corrected chi connectivity index (χ1v) is 5.85.